The van der Waals surface area contributed by atoms with Crippen LogP contribution in [-0.4, -0.2) is 10.2 Å². The Kier molecular flexibility index (Phi) is 3.94. The Morgan fingerprint density at radius 2 is 1.54 bits per heavy atom. The number of hydrogen-bond donors (Lipinski definition) is 0. The summed E-state index contributed by atoms with van der Waals surface area (Å²) in [4.78, 5) is 0. The highest BCUT2D eigenvalue weighted by atomic mass is 16.6. The van der Waals surface area contributed by atoms with Crippen molar-refractivity contribution in [3.05, 3.63) is 78.0 Å². The highest BCUT2D eigenvalue weighted by molar-refractivity contribution is 5.55. The van der Waals surface area contributed by atoms with E-state index in [1.165, 1.54) is 5.56 Å². The third kappa shape index (κ3) is 3.13. The Morgan fingerprint density at radius 1 is 0.792 bits per heavy atom. The summed E-state index contributed by atoms with van der Waals surface area (Å²) in [6.45, 7) is 0. The van der Waals surface area contributed by atoms with Gasteiger partial charge in [0.05, 0.1) is 5.69 Å². The second-order valence-corrected chi connectivity index (χ2v) is 5.52. The summed E-state index contributed by atoms with van der Waals surface area (Å²) in [6, 6.07) is 19.8. The van der Waals surface area contributed by atoms with E-state index in [2.05, 4.69) is 40.5 Å². The van der Waals surface area contributed by atoms with Gasteiger partial charge in [-0.25, -0.2) is 0 Å². The summed E-state index contributed by atoms with van der Waals surface area (Å²) in [7, 11) is 0. The lowest BCUT2D eigenvalue weighted by Gasteiger charge is -2.18. The molecule has 4 rings (SSSR count). The SMILES string of the molecule is C(=Cc1cc2c(nn1)Oc1ccccc1O2)CCc1ccccc1. The van der Waals surface area contributed by atoms with Crippen molar-refractivity contribution in [3.63, 3.8) is 0 Å². The van der Waals surface area contributed by atoms with Gasteiger partial charge in [-0.05, 0) is 36.6 Å². The Labute approximate surface area is 140 Å². The van der Waals surface area contributed by atoms with E-state index in [-0.39, 0.29) is 0 Å². The lowest BCUT2D eigenvalue weighted by atomic mass is 10.1. The molecule has 0 saturated heterocycles. The number of aromatic nitrogens is 2. The number of aryl methyl sites for hydroxylation is 1. The zero-order valence-electron chi connectivity index (χ0n) is 13.1. The van der Waals surface area contributed by atoms with Gasteiger partial charge in [0.15, 0.2) is 17.2 Å². The second-order valence-electron chi connectivity index (χ2n) is 5.52. The topological polar surface area (TPSA) is 44.2 Å². The maximum atomic E-state index is 5.83. The molecular formula is C20H16N2O2. The Bertz CT molecular complexity index is 876. The first-order valence-electron chi connectivity index (χ1n) is 7.91. The second kappa shape index (κ2) is 6.54. The van der Waals surface area contributed by atoms with Crippen LogP contribution in [0.25, 0.3) is 6.08 Å². The van der Waals surface area contributed by atoms with E-state index >= 15 is 0 Å². The van der Waals surface area contributed by atoms with Gasteiger partial charge in [0.1, 0.15) is 0 Å². The molecule has 4 nitrogen and oxygen atoms in total. The number of allylic oxidation sites excluding steroid dienone is 1. The van der Waals surface area contributed by atoms with Crippen LogP contribution in [0, 0.1) is 0 Å². The molecule has 0 fully saturated rings. The fraction of sp³-hybridized carbons (Fsp3) is 0.100. The van der Waals surface area contributed by atoms with Crippen LogP contribution >= 0.6 is 0 Å². The molecule has 4 heteroatoms. The van der Waals surface area contributed by atoms with Crippen molar-refractivity contribution in [3.8, 4) is 23.1 Å². The van der Waals surface area contributed by atoms with Gasteiger partial charge in [-0.3, -0.25) is 0 Å². The Hall–Kier alpha value is -3.14. The average molecular weight is 316 g/mol. The monoisotopic (exact) mass is 316 g/mol. The third-order valence-electron chi connectivity index (χ3n) is 3.75. The van der Waals surface area contributed by atoms with Crippen LogP contribution in [0.2, 0.25) is 0 Å². The molecule has 1 aliphatic rings. The number of para-hydroxylation sites is 2. The lowest BCUT2D eigenvalue weighted by molar-refractivity contribution is 0.343. The molecule has 1 aliphatic heterocycles. The zero-order chi connectivity index (χ0) is 16.2. The molecular weight excluding hydrogens is 300 g/mol. The van der Waals surface area contributed by atoms with Crippen molar-refractivity contribution >= 4 is 6.08 Å². The van der Waals surface area contributed by atoms with E-state index < -0.39 is 0 Å². The number of fused-ring (bicyclic) bond motifs is 2. The van der Waals surface area contributed by atoms with Gasteiger partial charge in [-0.2, -0.15) is 0 Å². The predicted octanol–water partition coefficient (Wildman–Crippen LogP) is 5.02. The van der Waals surface area contributed by atoms with E-state index in [0.717, 1.165) is 18.5 Å². The molecule has 2 heterocycles. The standard InChI is InChI=1S/C20H16N2O2/c1-2-8-15(9-3-1)10-4-5-11-16-14-19-20(22-21-16)24-18-13-7-6-12-17(18)23-19/h1-3,5-9,11-14H,4,10H2. The number of nitrogens with zero attached hydrogens (tertiary/aromatic N) is 2. The minimum atomic E-state index is 0.398. The molecule has 24 heavy (non-hydrogen) atoms. The average Bonchev–Trinajstić information content (AvgIpc) is 2.64. The van der Waals surface area contributed by atoms with Crippen molar-refractivity contribution in [1.82, 2.24) is 10.2 Å². The summed E-state index contributed by atoms with van der Waals surface area (Å²) in [5.74, 6) is 2.34. The van der Waals surface area contributed by atoms with Crippen molar-refractivity contribution in [2.75, 3.05) is 0 Å². The summed E-state index contributed by atoms with van der Waals surface area (Å²) in [5, 5.41) is 8.27. The third-order valence-corrected chi connectivity index (χ3v) is 3.75. The molecule has 0 bridgehead atoms. The van der Waals surface area contributed by atoms with E-state index in [0.29, 0.717) is 23.1 Å². The Morgan fingerprint density at radius 3 is 2.38 bits per heavy atom. The number of ether oxygens (including phenoxy) is 2. The molecule has 3 aromatic rings. The van der Waals surface area contributed by atoms with Crippen LogP contribution in [0.1, 0.15) is 17.7 Å². The number of benzene rings is 2. The van der Waals surface area contributed by atoms with Crippen LogP contribution in [0.4, 0.5) is 0 Å². The van der Waals surface area contributed by atoms with Crippen molar-refractivity contribution < 1.29 is 9.47 Å². The summed E-state index contributed by atoms with van der Waals surface area (Å²) < 4.78 is 11.5. The van der Waals surface area contributed by atoms with E-state index in [4.69, 9.17) is 9.47 Å². The molecule has 0 unspecified atom stereocenters. The first-order chi connectivity index (χ1) is 11.9. The molecule has 0 saturated carbocycles. The maximum absolute atomic E-state index is 5.83. The van der Waals surface area contributed by atoms with Gasteiger partial charge in [0, 0.05) is 6.07 Å². The van der Waals surface area contributed by atoms with Crippen LogP contribution in [0.15, 0.2) is 66.7 Å². The van der Waals surface area contributed by atoms with E-state index in [9.17, 15) is 0 Å². The van der Waals surface area contributed by atoms with Gasteiger partial charge < -0.3 is 9.47 Å². The van der Waals surface area contributed by atoms with Crippen LogP contribution < -0.4 is 9.47 Å². The molecule has 0 aliphatic carbocycles. The molecule has 0 amide bonds. The van der Waals surface area contributed by atoms with E-state index in [1.54, 1.807) is 0 Å². The summed E-state index contributed by atoms with van der Waals surface area (Å²) in [6.07, 6.45) is 6.01. The van der Waals surface area contributed by atoms with Crippen molar-refractivity contribution in [2.24, 2.45) is 0 Å². The summed E-state index contributed by atoms with van der Waals surface area (Å²) >= 11 is 0. The van der Waals surface area contributed by atoms with Crippen LogP contribution in [0.5, 0.6) is 23.1 Å². The van der Waals surface area contributed by atoms with Crippen LogP contribution in [0.3, 0.4) is 0 Å². The van der Waals surface area contributed by atoms with Crippen molar-refractivity contribution in [2.45, 2.75) is 12.8 Å². The molecule has 0 radical (unpaired) electrons. The fourth-order valence-corrected chi connectivity index (χ4v) is 2.54. The molecule has 0 atom stereocenters. The molecule has 118 valence electrons. The van der Waals surface area contributed by atoms with Crippen molar-refractivity contribution in [1.29, 1.82) is 0 Å². The lowest BCUT2D eigenvalue weighted by Crippen LogP contribution is -2.02. The van der Waals surface area contributed by atoms with Gasteiger partial charge in [-0.1, -0.05) is 48.5 Å². The van der Waals surface area contributed by atoms with Crippen LogP contribution in [-0.2, 0) is 6.42 Å². The highest BCUT2D eigenvalue weighted by Crippen LogP contribution is 2.43. The predicted molar refractivity (Wildman–Crippen MR) is 92.4 cm³/mol. The highest BCUT2D eigenvalue weighted by Gasteiger charge is 2.20. The number of hydrogen-bond acceptors (Lipinski definition) is 4. The first-order valence-corrected chi connectivity index (χ1v) is 7.91. The summed E-state index contributed by atoms with van der Waals surface area (Å²) in [5.41, 5.74) is 2.08. The molecule has 0 N–H and O–H groups in total. The van der Waals surface area contributed by atoms with Gasteiger partial charge in [-0.15, -0.1) is 10.2 Å². The smallest absolute Gasteiger partial charge is 0.282 e. The molecule has 1 aromatic heterocycles. The molecule has 0 spiro atoms. The van der Waals surface area contributed by atoms with E-state index in [1.807, 2.05) is 42.5 Å². The zero-order valence-corrected chi connectivity index (χ0v) is 13.1. The first kappa shape index (κ1) is 14.5. The normalized spacial score (nSPS) is 12.2. The number of rotatable bonds is 4. The van der Waals surface area contributed by atoms with Gasteiger partial charge >= 0.3 is 0 Å². The molecule has 2 aromatic carbocycles. The van der Waals surface area contributed by atoms with Gasteiger partial charge in [0.25, 0.3) is 5.88 Å². The quantitative estimate of drug-likeness (QED) is 0.530. The maximum Gasteiger partial charge on any atom is 0.282 e. The fourth-order valence-electron chi connectivity index (χ4n) is 2.54. The minimum absolute atomic E-state index is 0.398. The minimum Gasteiger partial charge on any atom is -0.448 e. The van der Waals surface area contributed by atoms with Gasteiger partial charge in [0.2, 0.25) is 0 Å². The largest absolute Gasteiger partial charge is 0.448 e. The Balaban J connectivity index is 1.44.